The van der Waals surface area contributed by atoms with Crippen molar-refractivity contribution in [2.75, 3.05) is 19.6 Å². The van der Waals surface area contributed by atoms with Crippen molar-refractivity contribution in [2.45, 2.75) is 31.9 Å². The third kappa shape index (κ3) is 2.77. The summed E-state index contributed by atoms with van der Waals surface area (Å²) in [6.07, 6.45) is 0.875. The van der Waals surface area contributed by atoms with Gasteiger partial charge in [0, 0.05) is 25.7 Å². The normalized spacial score (nSPS) is 36.0. The standard InChI is InChI=1S/C8H18N2O/c1-7(9)5-10-4-3-8(2,11)6-10/h7,11H,3-6,9H2,1-2H3/t7-,8+/m1/s1. The zero-order chi connectivity index (χ0) is 8.48. The van der Waals surface area contributed by atoms with Crippen molar-refractivity contribution in [1.82, 2.24) is 4.90 Å². The molecule has 11 heavy (non-hydrogen) atoms. The first kappa shape index (κ1) is 8.97. The zero-order valence-corrected chi connectivity index (χ0v) is 7.38. The molecule has 3 heteroatoms. The Balaban J connectivity index is 2.31. The summed E-state index contributed by atoms with van der Waals surface area (Å²) in [6, 6.07) is 0.212. The number of nitrogens with zero attached hydrogens (tertiary/aromatic N) is 1. The zero-order valence-electron chi connectivity index (χ0n) is 7.38. The highest BCUT2D eigenvalue weighted by atomic mass is 16.3. The second-order valence-electron chi connectivity index (χ2n) is 3.96. The van der Waals surface area contributed by atoms with Crippen molar-refractivity contribution in [3.63, 3.8) is 0 Å². The molecular weight excluding hydrogens is 140 g/mol. The lowest BCUT2D eigenvalue weighted by molar-refractivity contribution is 0.0683. The molecule has 0 aliphatic carbocycles. The van der Waals surface area contributed by atoms with E-state index in [4.69, 9.17) is 5.73 Å². The van der Waals surface area contributed by atoms with Gasteiger partial charge in [0.05, 0.1) is 5.60 Å². The van der Waals surface area contributed by atoms with E-state index in [1.165, 1.54) is 0 Å². The molecular formula is C8H18N2O. The molecule has 0 unspecified atom stereocenters. The summed E-state index contributed by atoms with van der Waals surface area (Å²) in [5.41, 5.74) is 5.16. The van der Waals surface area contributed by atoms with E-state index in [0.717, 1.165) is 26.1 Å². The summed E-state index contributed by atoms with van der Waals surface area (Å²) in [6.45, 7) is 6.53. The molecule has 2 atom stereocenters. The summed E-state index contributed by atoms with van der Waals surface area (Å²) in [5, 5.41) is 9.60. The van der Waals surface area contributed by atoms with Crippen molar-refractivity contribution in [3.05, 3.63) is 0 Å². The van der Waals surface area contributed by atoms with E-state index in [-0.39, 0.29) is 6.04 Å². The Hall–Kier alpha value is -0.120. The fourth-order valence-corrected chi connectivity index (χ4v) is 1.60. The number of nitrogens with two attached hydrogens (primary N) is 1. The first-order chi connectivity index (χ1) is 4.99. The molecule has 0 saturated carbocycles. The van der Waals surface area contributed by atoms with Crippen LogP contribution in [0, 0.1) is 0 Å². The maximum atomic E-state index is 9.60. The van der Waals surface area contributed by atoms with Gasteiger partial charge in [0.25, 0.3) is 0 Å². The first-order valence-corrected chi connectivity index (χ1v) is 4.20. The minimum Gasteiger partial charge on any atom is -0.389 e. The SMILES string of the molecule is C[C@@H](N)CN1CC[C@](C)(O)C1. The second kappa shape index (κ2) is 3.09. The number of likely N-dealkylation sites (tertiary alicyclic amines) is 1. The summed E-state index contributed by atoms with van der Waals surface area (Å²) < 4.78 is 0. The van der Waals surface area contributed by atoms with E-state index in [0.29, 0.717) is 0 Å². The molecule has 0 amide bonds. The highest BCUT2D eigenvalue weighted by Gasteiger charge is 2.31. The number of β-amino-alcohol motifs (C(OH)–C–C–N with tert-alkyl or cyclic N) is 1. The Kier molecular flexibility index (Phi) is 2.52. The lowest BCUT2D eigenvalue weighted by Gasteiger charge is -2.20. The van der Waals surface area contributed by atoms with Crippen LogP contribution in [0.3, 0.4) is 0 Å². The summed E-state index contributed by atoms with van der Waals surface area (Å²) in [5.74, 6) is 0. The van der Waals surface area contributed by atoms with Gasteiger partial charge >= 0.3 is 0 Å². The number of hydrogen-bond donors (Lipinski definition) is 2. The monoisotopic (exact) mass is 158 g/mol. The van der Waals surface area contributed by atoms with Crippen LogP contribution in [-0.4, -0.2) is 41.3 Å². The second-order valence-corrected chi connectivity index (χ2v) is 3.96. The van der Waals surface area contributed by atoms with E-state index in [9.17, 15) is 5.11 Å². The van der Waals surface area contributed by atoms with Crippen LogP contribution in [0.2, 0.25) is 0 Å². The highest BCUT2D eigenvalue weighted by molar-refractivity contribution is 4.86. The molecule has 1 rings (SSSR count). The smallest absolute Gasteiger partial charge is 0.0758 e. The van der Waals surface area contributed by atoms with Crippen LogP contribution in [0.4, 0.5) is 0 Å². The Morgan fingerprint density at radius 3 is 2.73 bits per heavy atom. The lowest BCUT2D eigenvalue weighted by atomic mass is 10.1. The van der Waals surface area contributed by atoms with E-state index in [1.54, 1.807) is 0 Å². The molecule has 0 radical (unpaired) electrons. The molecule has 1 aliphatic heterocycles. The predicted octanol–water partition coefficient (Wildman–Crippen LogP) is -0.210. The van der Waals surface area contributed by atoms with E-state index >= 15 is 0 Å². The van der Waals surface area contributed by atoms with Crippen LogP contribution in [0.1, 0.15) is 20.3 Å². The Morgan fingerprint density at radius 2 is 2.36 bits per heavy atom. The molecule has 1 saturated heterocycles. The maximum Gasteiger partial charge on any atom is 0.0758 e. The van der Waals surface area contributed by atoms with Gasteiger partial charge in [-0.3, -0.25) is 4.90 Å². The Bertz CT molecular complexity index is 134. The van der Waals surface area contributed by atoms with Gasteiger partial charge in [0.15, 0.2) is 0 Å². The van der Waals surface area contributed by atoms with Crippen LogP contribution >= 0.6 is 0 Å². The maximum absolute atomic E-state index is 9.60. The third-order valence-electron chi connectivity index (χ3n) is 2.08. The predicted molar refractivity (Wildman–Crippen MR) is 45.3 cm³/mol. The van der Waals surface area contributed by atoms with Crippen LogP contribution in [0.5, 0.6) is 0 Å². The van der Waals surface area contributed by atoms with Crippen molar-refractivity contribution in [2.24, 2.45) is 5.73 Å². The lowest BCUT2D eigenvalue weighted by Crippen LogP contribution is -2.36. The molecule has 1 fully saturated rings. The van der Waals surface area contributed by atoms with E-state index < -0.39 is 5.60 Å². The van der Waals surface area contributed by atoms with Gasteiger partial charge in [-0.2, -0.15) is 0 Å². The van der Waals surface area contributed by atoms with Crippen molar-refractivity contribution in [3.8, 4) is 0 Å². The average Bonchev–Trinajstić information content (AvgIpc) is 2.08. The van der Waals surface area contributed by atoms with E-state index in [1.807, 2.05) is 13.8 Å². The molecule has 3 nitrogen and oxygen atoms in total. The summed E-state index contributed by atoms with van der Waals surface area (Å²) in [4.78, 5) is 2.21. The number of aliphatic hydroxyl groups is 1. The van der Waals surface area contributed by atoms with Crippen LogP contribution in [-0.2, 0) is 0 Å². The van der Waals surface area contributed by atoms with Gasteiger partial charge in [0.1, 0.15) is 0 Å². The fraction of sp³-hybridized carbons (Fsp3) is 1.00. The fourth-order valence-electron chi connectivity index (χ4n) is 1.60. The Morgan fingerprint density at radius 1 is 1.73 bits per heavy atom. The van der Waals surface area contributed by atoms with Gasteiger partial charge in [-0.15, -0.1) is 0 Å². The third-order valence-corrected chi connectivity index (χ3v) is 2.08. The number of rotatable bonds is 2. The molecule has 0 bridgehead atoms. The van der Waals surface area contributed by atoms with Crippen molar-refractivity contribution >= 4 is 0 Å². The van der Waals surface area contributed by atoms with Gasteiger partial charge in [-0.25, -0.2) is 0 Å². The minimum atomic E-state index is -0.477. The molecule has 1 aliphatic rings. The molecule has 3 N–H and O–H groups in total. The molecule has 1 heterocycles. The van der Waals surface area contributed by atoms with Crippen LogP contribution in [0.15, 0.2) is 0 Å². The van der Waals surface area contributed by atoms with Crippen molar-refractivity contribution in [1.29, 1.82) is 0 Å². The van der Waals surface area contributed by atoms with Gasteiger partial charge in [0.2, 0.25) is 0 Å². The van der Waals surface area contributed by atoms with Gasteiger partial charge < -0.3 is 10.8 Å². The first-order valence-electron chi connectivity index (χ1n) is 4.20. The van der Waals surface area contributed by atoms with Crippen molar-refractivity contribution < 1.29 is 5.11 Å². The van der Waals surface area contributed by atoms with Crippen LogP contribution in [0.25, 0.3) is 0 Å². The quantitative estimate of drug-likeness (QED) is 0.584. The molecule has 0 aromatic heterocycles. The topological polar surface area (TPSA) is 49.5 Å². The molecule has 0 spiro atoms. The largest absolute Gasteiger partial charge is 0.389 e. The van der Waals surface area contributed by atoms with E-state index in [2.05, 4.69) is 4.90 Å². The Labute approximate surface area is 68.2 Å². The average molecular weight is 158 g/mol. The molecule has 0 aromatic carbocycles. The molecule has 66 valence electrons. The van der Waals surface area contributed by atoms with Gasteiger partial charge in [-0.05, 0) is 20.3 Å². The minimum absolute atomic E-state index is 0.212. The summed E-state index contributed by atoms with van der Waals surface area (Å²) >= 11 is 0. The van der Waals surface area contributed by atoms with Gasteiger partial charge in [-0.1, -0.05) is 0 Å². The molecule has 0 aromatic rings. The van der Waals surface area contributed by atoms with Crippen LogP contribution < -0.4 is 5.73 Å². The highest BCUT2D eigenvalue weighted by Crippen LogP contribution is 2.19. The number of hydrogen-bond acceptors (Lipinski definition) is 3. The summed E-state index contributed by atoms with van der Waals surface area (Å²) in [7, 11) is 0.